The van der Waals surface area contributed by atoms with Gasteiger partial charge in [0.1, 0.15) is 4.93 Å². The molecular weight excluding hydrogens is 313 g/mol. The van der Waals surface area contributed by atoms with Crippen LogP contribution in [0, 0.1) is 0 Å². The fraction of sp³-hybridized carbons (Fsp3) is 0.600. The second-order valence-corrected chi connectivity index (χ2v) is 7.28. The maximum atomic E-state index is 10.4. The van der Waals surface area contributed by atoms with Gasteiger partial charge in [0.2, 0.25) is 0 Å². The molecule has 1 rings (SSSR count). The number of benzene rings is 1. The van der Waals surface area contributed by atoms with Gasteiger partial charge in [-0.2, -0.15) is 0 Å². The van der Waals surface area contributed by atoms with Crippen LogP contribution in [0.15, 0.2) is 18.2 Å². The Morgan fingerprint density at radius 3 is 2.45 bits per heavy atom. The monoisotopic (exact) mass is 335 g/mol. The molecule has 0 bridgehead atoms. The molecule has 0 saturated carbocycles. The van der Waals surface area contributed by atoms with E-state index in [4.69, 9.17) is 23.2 Å². The minimum absolute atomic E-state index is 0.636. The Morgan fingerprint density at radius 2 is 1.90 bits per heavy atom. The first kappa shape index (κ1) is 18.1. The quantitative estimate of drug-likeness (QED) is 0.698. The molecule has 0 radical (unpaired) electrons. The van der Waals surface area contributed by atoms with Crippen LogP contribution in [0.2, 0.25) is 10.0 Å². The highest BCUT2D eigenvalue weighted by Crippen LogP contribution is 2.32. The first-order valence-corrected chi connectivity index (χ1v) is 8.64. The van der Waals surface area contributed by atoms with Crippen LogP contribution in [0.1, 0.15) is 32.8 Å². The Labute approximate surface area is 136 Å². The van der Waals surface area contributed by atoms with Crippen molar-refractivity contribution < 1.29 is 5.11 Å². The predicted molar refractivity (Wildman–Crippen MR) is 90.8 cm³/mol. The van der Waals surface area contributed by atoms with Crippen molar-refractivity contribution in [2.24, 2.45) is 0 Å². The van der Waals surface area contributed by atoms with E-state index in [9.17, 15) is 5.11 Å². The summed E-state index contributed by atoms with van der Waals surface area (Å²) < 4.78 is 0. The van der Waals surface area contributed by atoms with Crippen LogP contribution >= 0.6 is 35.0 Å². The summed E-state index contributed by atoms with van der Waals surface area (Å²) >= 11 is 13.5. The third-order valence-corrected chi connectivity index (χ3v) is 5.21. The normalized spacial score (nSPS) is 14.6. The standard InChI is InChI=1S/C15H23Cl2NOS/c1-4-18(5-2)9-8-15(3,19)20-11-12-6-7-13(16)10-14(12)17/h6-7,10,19H,4-5,8-9,11H2,1-3H3. The SMILES string of the molecule is CCN(CC)CCC(C)(O)SCc1ccc(Cl)cc1Cl. The van der Waals surface area contributed by atoms with E-state index in [2.05, 4.69) is 18.7 Å². The van der Waals surface area contributed by atoms with Crippen LogP contribution in [0.5, 0.6) is 0 Å². The van der Waals surface area contributed by atoms with Crippen molar-refractivity contribution in [2.75, 3.05) is 19.6 Å². The van der Waals surface area contributed by atoms with Crippen molar-refractivity contribution in [3.63, 3.8) is 0 Å². The topological polar surface area (TPSA) is 23.5 Å². The van der Waals surface area contributed by atoms with Crippen molar-refractivity contribution in [1.82, 2.24) is 4.90 Å². The molecule has 0 aromatic heterocycles. The summed E-state index contributed by atoms with van der Waals surface area (Å²) in [6.45, 7) is 9.07. The first-order valence-electron chi connectivity index (χ1n) is 6.90. The van der Waals surface area contributed by atoms with Crippen molar-refractivity contribution in [3.05, 3.63) is 33.8 Å². The molecule has 0 saturated heterocycles. The number of nitrogens with zero attached hydrogens (tertiary/aromatic N) is 1. The molecule has 0 heterocycles. The lowest BCUT2D eigenvalue weighted by Crippen LogP contribution is -2.30. The molecule has 1 aromatic rings. The predicted octanol–water partition coefficient (Wildman–Crippen LogP) is 4.67. The zero-order valence-electron chi connectivity index (χ0n) is 12.3. The first-order chi connectivity index (χ1) is 9.38. The molecule has 1 N–H and O–H groups in total. The number of hydrogen-bond donors (Lipinski definition) is 1. The molecule has 1 aromatic carbocycles. The third kappa shape index (κ3) is 6.23. The Kier molecular flexibility index (Phi) is 7.70. The smallest absolute Gasteiger partial charge is 0.109 e. The fourth-order valence-corrected chi connectivity index (χ4v) is 3.36. The largest absolute Gasteiger partial charge is 0.380 e. The molecule has 0 spiro atoms. The molecule has 20 heavy (non-hydrogen) atoms. The maximum Gasteiger partial charge on any atom is 0.109 e. The van der Waals surface area contributed by atoms with Gasteiger partial charge in [-0.15, -0.1) is 11.8 Å². The lowest BCUT2D eigenvalue weighted by atomic mass is 10.2. The Balaban J connectivity index is 2.50. The van der Waals surface area contributed by atoms with Gasteiger partial charge >= 0.3 is 0 Å². The summed E-state index contributed by atoms with van der Waals surface area (Å²) in [5.74, 6) is 0.682. The van der Waals surface area contributed by atoms with Crippen molar-refractivity contribution in [3.8, 4) is 0 Å². The van der Waals surface area contributed by atoms with Crippen LogP contribution in [0.3, 0.4) is 0 Å². The zero-order valence-corrected chi connectivity index (χ0v) is 14.7. The highest BCUT2D eigenvalue weighted by molar-refractivity contribution is 7.99. The molecule has 114 valence electrons. The number of rotatable bonds is 8. The Morgan fingerprint density at radius 1 is 1.25 bits per heavy atom. The van der Waals surface area contributed by atoms with E-state index in [1.165, 1.54) is 11.8 Å². The molecule has 5 heteroatoms. The van der Waals surface area contributed by atoms with E-state index in [1.54, 1.807) is 6.07 Å². The van der Waals surface area contributed by atoms with Gasteiger partial charge in [-0.1, -0.05) is 43.1 Å². The van der Waals surface area contributed by atoms with E-state index in [0.717, 1.165) is 31.6 Å². The van der Waals surface area contributed by atoms with Gasteiger partial charge < -0.3 is 10.0 Å². The Bertz CT molecular complexity index is 422. The van der Waals surface area contributed by atoms with Crippen LogP contribution < -0.4 is 0 Å². The maximum absolute atomic E-state index is 10.4. The summed E-state index contributed by atoms with van der Waals surface area (Å²) in [5, 5.41) is 11.7. The molecule has 1 atom stereocenters. The number of thioether (sulfide) groups is 1. The van der Waals surface area contributed by atoms with Gasteiger partial charge in [0.15, 0.2) is 0 Å². The van der Waals surface area contributed by atoms with Crippen LogP contribution in [0.25, 0.3) is 0 Å². The molecule has 0 aliphatic carbocycles. The summed E-state index contributed by atoms with van der Waals surface area (Å²) in [6.07, 6.45) is 0.741. The zero-order chi connectivity index (χ0) is 15.2. The van der Waals surface area contributed by atoms with Gasteiger partial charge in [0.25, 0.3) is 0 Å². The molecular formula is C15H23Cl2NOS. The lowest BCUT2D eigenvalue weighted by molar-refractivity contribution is 0.128. The second kappa shape index (κ2) is 8.50. The highest BCUT2D eigenvalue weighted by atomic mass is 35.5. The van der Waals surface area contributed by atoms with E-state index >= 15 is 0 Å². The molecule has 0 amide bonds. The summed E-state index contributed by atoms with van der Waals surface area (Å²) in [4.78, 5) is 1.57. The molecule has 1 unspecified atom stereocenters. The third-order valence-electron chi connectivity index (χ3n) is 3.34. The van der Waals surface area contributed by atoms with Gasteiger partial charge in [-0.25, -0.2) is 0 Å². The van der Waals surface area contributed by atoms with Crippen LogP contribution in [0.4, 0.5) is 0 Å². The van der Waals surface area contributed by atoms with Gasteiger partial charge in [0, 0.05) is 22.3 Å². The van der Waals surface area contributed by atoms with E-state index in [-0.39, 0.29) is 0 Å². The molecule has 0 aliphatic heterocycles. The summed E-state index contributed by atoms with van der Waals surface area (Å²) in [5.41, 5.74) is 1.00. The number of aliphatic hydroxyl groups is 1. The van der Waals surface area contributed by atoms with Gasteiger partial charge in [-0.05, 0) is 44.1 Å². The number of halogens is 2. The average Bonchev–Trinajstić information content (AvgIpc) is 2.39. The van der Waals surface area contributed by atoms with E-state index in [0.29, 0.717) is 15.8 Å². The lowest BCUT2D eigenvalue weighted by Gasteiger charge is -2.27. The molecule has 0 fully saturated rings. The van der Waals surface area contributed by atoms with Crippen molar-refractivity contribution >= 4 is 35.0 Å². The van der Waals surface area contributed by atoms with Gasteiger partial charge in [0.05, 0.1) is 0 Å². The van der Waals surface area contributed by atoms with E-state index < -0.39 is 4.93 Å². The molecule has 0 aliphatic rings. The van der Waals surface area contributed by atoms with E-state index in [1.807, 2.05) is 19.1 Å². The van der Waals surface area contributed by atoms with Crippen molar-refractivity contribution in [2.45, 2.75) is 37.9 Å². The van der Waals surface area contributed by atoms with Crippen LogP contribution in [-0.4, -0.2) is 34.6 Å². The minimum atomic E-state index is -0.744. The second-order valence-electron chi connectivity index (χ2n) is 4.98. The minimum Gasteiger partial charge on any atom is -0.380 e. The summed E-state index contributed by atoms with van der Waals surface area (Å²) in [6, 6.07) is 5.48. The van der Waals surface area contributed by atoms with Gasteiger partial charge in [-0.3, -0.25) is 0 Å². The molecule has 2 nitrogen and oxygen atoms in total. The fourth-order valence-electron chi connectivity index (χ4n) is 1.85. The van der Waals surface area contributed by atoms with Crippen molar-refractivity contribution in [1.29, 1.82) is 0 Å². The number of hydrogen-bond acceptors (Lipinski definition) is 3. The van der Waals surface area contributed by atoms with Crippen LogP contribution in [-0.2, 0) is 5.75 Å². The Hall–Kier alpha value is 0.0700. The average molecular weight is 336 g/mol. The highest BCUT2D eigenvalue weighted by Gasteiger charge is 2.22. The summed E-state index contributed by atoms with van der Waals surface area (Å²) in [7, 11) is 0.